The van der Waals surface area contributed by atoms with E-state index < -0.39 is 0 Å². The van der Waals surface area contributed by atoms with Gasteiger partial charge in [0.05, 0.1) is 17.8 Å². The van der Waals surface area contributed by atoms with Crippen molar-refractivity contribution in [3.63, 3.8) is 0 Å². The summed E-state index contributed by atoms with van der Waals surface area (Å²) in [5.74, 6) is 0.144. The number of aliphatic hydroxyl groups excluding tert-OH is 1. The average Bonchev–Trinajstić information content (AvgIpc) is 2.46. The number of rotatable bonds is 4. The highest BCUT2D eigenvalue weighted by molar-refractivity contribution is 5.79. The molecule has 1 amide bonds. The van der Waals surface area contributed by atoms with Gasteiger partial charge in [0.15, 0.2) is 0 Å². The highest BCUT2D eigenvalue weighted by Crippen LogP contribution is 2.26. The van der Waals surface area contributed by atoms with Gasteiger partial charge < -0.3 is 10.4 Å². The van der Waals surface area contributed by atoms with E-state index in [4.69, 9.17) is 0 Å². The zero-order chi connectivity index (χ0) is 14.5. The van der Waals surface area contributed by atoms with Crippen LogP contribution in [-0.2, 0) is 4.79 Å². The fourth-order valence-electron chi connectivity index (χ4n) is 2.85. The van der Waals surface area contributed by atoms with E-state index in [0.29, 0.717) is 0 Å². The highest BCUT2D eigenvalue weighted by Gasteiger charge is 2.27. The molecule has 2 rings (SSSR count). The van der Waals surface area contributed by atoms with Crippen LogP contribution in [0.25, 0.3) is 0 Å². The Bertz CT molecular complexity index is 454. The van der Waals surface area contributed by atoms with Crippen LogP contribution in [0.2, 0.25) is 0 Å². The smallest absolute Gasteiger partial charge is 0.223 e. The zero-order valence-electron chi connectivity index (χ0n) is 12.3. The molecule has 1 fully saturated rings. The summed E-state index contributed by atoms with van der Waals surface area (Å²) in [6.45, 7) is 4.08. The van der Waals surface area contributed by atoms with Crippen LogP contribution in [0.15, 0.2) is 18.3 Å². The molecule has 0 spiro atoms. The summed E-state index contributed by atoms with van der Waals surface area (Å²) in [6.07, 6.45) is 5.41. The Morgan fingerprint density at radius 1 is 1.45 bits per heavy atom. The van der Waals surface area contributed by atoms with Gasteiger partial charge in [-0.2, -0.15) is 0 Å². The van der Waals surface area contributed by atoms with Crippen molar-refractivity contribution in [1.29, 1.82) is 0 Å². The monoisotopic (exact) mass is 276 g/mol. The molecule has 0 radical (unpaired) electrons. The molecule has 1 saturated carbocycles. The van der Waals surface area contributed by atoms with Crippen LogP contribution >= 0.6 is 0 Å². The van der Waals surface area contributed by atoms with Crippen molar-refractivity contribution in [1.82, 2.24) is 10.3 Å². The number of hydrogen-bond donors (Lipinski definition) is 2. The summed E-state index contributed by atoms with van der Waals surface area (Å²) in [7, 11) is 0. The third kappa shape index (κ3) is 3.57. The third-order valence-electron chi connectivity index (χ3n) is 4.17. The molecule has 1 heterocycles. The quantitative estimate of drug-likeness (QED) is 0.888. The summed E-state index contributed by atoms with van der Waals surface area (Å²) in [4.78, 5) is 16.7. The minimum absolute atomic E-state index is 0.0180. The number of aromatic nitrogens is 1. The molecule has 0 aliphatic heterocycles. The summed E-state index contributed by atoms with van der Waals surface area (Å²) < 4.78 is 0. The van der Waals surface area contributed by atoms with Crippen molar-refractivity contribution in [2.45, 2.75) is 58.1 Å². The fourth-order valence-corrected chi connectivity index (χ4v) is 2.85. The maximum absolute atomic E-state index is 12.3. The van der Waals surface area contributed by atoms with E-state index in [2.05, 4.69) is 17.2 Å². The number of amides is 1. The van der Waals surface area contributed by atoms with Gasteiger partial charge in [0, 0.05) is 12.1 Å². The lowest BCUT2D eigenvalue weighted by atomic mass is 9.86. The lowest BCUT2D eigenvalue weighted by Gasteiger charge is -2.27. The van der Waals surface area contributed by atoms with Gasteiger partial charge in [0.2, 0.25) is 5.91 Å². The SMILES string of the molecule is CC[C@@H](NC(=O)C1CCC(O)CC1)c1ncccc1C. The molecule has 0 saturated heterocycles. The number of hydrogen-bond acceptors (Lipinski definition) is 3. The maximum Gasteiger partial charge on any atom is 0.223 e. The Balaban J connectivity index is 2.00. The van der Waals surface area contributed by atoms with Crippen LogP contribution in [0.3, 0.4) is 0 Å². The summed E-state index contributed by atoms with van der Waals surface area (Å²) in [6, 6.07) is 3.92. The molecule has 0 bridgehead atoms. The van der Waals surface area contributed by atoms with Gasteiger partial charge in [-0.25, -0.2) is 0 Å². The van der Waals surface area contributed by atoms with Gasteiger partial charge in [-0.05, 0) is 50.7 Å². The standard InChI is InChI=1S/C16H24N2O2/c1-3-14(15-11(2)5-4-10-17-15)18-16(20)12-6-8-13(19)9-7-12/h4-5,10,12-14,19H,3,6-9H2,1-2H3,(H,18,20)/t12?,13?,14-/m1/s1. The van der Waals surface area contributed by atoms with Crippen molar-refractivity contribution < 1.29 is 9.90 Å². The normalized spacial score (nSPS) is 24.1. The Hall–Kier alpha value is -1.42. The van der Waals surface area contributed by atoms with Crippen LogP contribution in [0, 0.1) is 12.8 Å². The maximum atomic E-state index is 12.3. The van der Waals surface area contributed by atoms with Gasteiger partial charge in [-0.15, -0.1) is 0 Å². The Morgan fingerprint density at radius 2 is 2.15 bits per heavy atom. The molecule has 1 atom stereocenters. The van der Waals surface area contributed by atoms with E-state index in [1.165, 1.54) is 0 Å². The van der Waals surface area contributed by atoms with Gasteiger partial charge >= 0.3 is 0 Å². The van der Waals surface area contributed by atoms with Gasteiger partial charge in [-0.3, -0.25) is 9.78 Å². The lowest BCUT2D eigenvalue weighted by Crippen LogP contribution is -2.36. The number of aryl methyl sites for hydroxylation is 1. The van der Waals surface area contributed by atoms with E-state index >= 15 is 0 Å². The van der Waals surface area contributed by atoms with Crippen molar-refractivity contribution >= 4 is 5.91 Å². The summed E-state index contributed by atoms with van der Waals surface area (Å²) >= 11 is 0. The predicted molar refractivity (Wildman–Crippen MR) is 78.1 cm³/mol. The van der Waals surface area contributed by atoms with Crippen LogP contribution in [0.1, 0.15) is 56.3 Å². The van der Waals surface area contributed by atoms with Crippen molar-refractivity contribution in [3.8, 4) is 0 Å². The fraction of sp³-hybridized carbons (Fsp3) is 0.625. The first-order chi connectivity index (χ1) is 9.61. The number of aliphatic hydroxyl groups is 1. The van der Waals surface area contributed by atoms with E-state index in [1.54, 1.807) is 6.20 Å². The topological polar surface area (TPSA) is 62.2 Å². The van der Waals surface area contributed by atoms with Gasteiger partial charge in [0.25, 0.3) is 0 Å². The molecule has 110 valence electrons. The number of pyridine rings is 1. The van der Waals surface area contributed by atoms with Gasteiger partial charge in [0.1, 0.15) is 0 Å². The first-order valence-corrected chi connectivity index (χ1v) is 7.51. The number of nitrogens with zero attached hydrogens (tertiary/aromatic N) is 1. The Labute approximate surface area is 120 Å². The van der Waals surface area contributed by atoms with E-state index in [9.17, 15) is 9.90 Å². The minimum atomic E-state index is -0.223. The van der Waals surface area contributed by atoms with Crippen LogP contribution < -0.4 is 5.32 Å². The molecular weight excluding hydrogens is 252 g/mol. The van der Waals surface area contributed by atoms with Crippen LogP contribution in [0.5, 0.6) is 0 Å². The molecule has 0 aromatic carbocycles. The molecule has 20 heavy (non-hydrogen) atoms. The number of carbonyl (C=O) groups is 1. The number of carbonyl (C=O) groups excluding carboxylic acids is 1. The molecule has 1 aromatic rings. The third-order valence-corrected chi connectivity index (χ3v) is 4.17. The first kappa shape index (κ1) is 15.0. The predicted octanol–water partition coefficient (Wildman–Crippen LogP) is 2.51. The molecular formula is C16H24N2O2. The van der Waals surface area contributed by atoms with Crippen molar-refractivity contribution in [2.24, 2.45) is 5.92 Å². The minimum Gasteiger partial charge on any atom is -0.393 e. The molecule has 4 heteroatoms. The average molecular weight is 276 g/mol. The molecule has 1 aromatic heterocycles. The van der Waals surface area contributed by atoms with Gasteiger partial charge in [-0.1, -0.05) is 13.0 Å². The molecule has 1 aliphatic carbocycles. The molecule has 0 unspecified atom stereocenters. The zero-order valence-corrected chi connectivity index (χ0v) is 12.3. The van der Waals surface area contributed by atoms with Crippen molar-refractivity contribution in [2.75, 3.05) is 0 Å². The lowest BCUT2D eigenvalue weighted by molar-refractivity contribution is -0.127. The van der Waals surface area contributed by atoms with E-state index in [0.717, 1.165) is 43.4 Å². The molecule has 1 aliphatic rings. The Morgan fingerprint density at radius 3 is 2.75 bits per heavy atom. The number of nitrogens with one attached hydrogen (secondary N) is 1. The van der Waals surface area contributed by atoms with E-state index in [1.807, 2.05) is 19.1 Å². The van der Waals surface area contributed by atoms with E-state index in [-0.39, 0.29) is 24.0 Å². The second-order valence-corrected chi connectivity index (χ2v) is 5.68. The highest BCUT2D eigenvalue weighted by atomic mass is 16.3. The molecule has 4 nitrogen and oxygen atoms in total. The largest absolute Gasteiger partial charge is 0.393 e. The summed E-state index contributed by atoms with van der Waals surface area (Å²) in [5.41, 5.74) is 2.07. The summed E-state index contributed by atoms with van der Waals surface area (Å²) in [5, 5.41) is 12.6. The van der Waals surface area contributed by atoms with Crippen molar-refractivity contribution in [3.05, 3.63) is 29.6 Å². The molecule has 2 N–H and O–H groups in total. The van der Waals surface area contributed by atoms with Crippen LogP contribution in [-0.4, -0.2) is 22.1 Å². The second-order valence-electron chi connectivity index (χ2n) is 5.68. The second kappa shape index (κ2) is 6.84. The first-order valence-electron chi connectivity index (χ1n) is 7.51. The Kier molecular flexibility index (Phi) is 5.12. The van der Waals surface area contributed by atoms with Crippen LogP contribution in [0.4, 0.5) is 0 Å².